The first-order chi connectivity index (χ1) is 9.79. The standard InChI is InChI=1S/C14H15NO4S2/c1-9(2)10-4-3-5-12(6-10)15-21(18,19)13-7-11(8-20-13)14(16)17/h3-9,15H,1-2H3,(H,16,17). The number of rotatable bonds is 5. The van der Waals surface area contributed by atoms with Crippen LogP contribution in [0.3, 0.4) is 0 Å². The summed E-state index contributed by atoms with van der Waals surface area (Å²) in [7, 11) is -3.76. The van der Waals surface area contributed by atoms with Crippen molar-refractivity contribution in [3.8, 4) is 0 Å². The second-order valence-electron chi connectivity index (χ2n) is 4.85. The molecule has 0 unspecified atom stereocenters. The highest BCUT2D eigenvalue weighted by atomic mass is 32.2. The normalized spacial score (nSPS) is 11.6. The molecular weight excluding hydrogens is 310 g/mol. The fourth-order valence-electron chi connectivity index (χ4n) is 1.74. The van der Waals surface area contributed by atoms with Crippen LogP contribution in [0.4, 0.5) is 5.69 Å². The van der Waals surface area contributed by atoms with E-state index >= 15 is 0 Å². The summed E-state index contributed by atoms with van der Waals surface area (Å²) in [6, 6.07) is 8.30. The van der Waals surface area contributed by atoms with Crippen molar-refractivity contribution in [1.82, 2.24) is 0 Å². The molecule has 5 nitrogen and oxygen atoms in total. The van der Waals surface area contributed by atoms with Crippen LogP contribution in [0.15, 0.2) is 39.9 Å². The molecule has 0 aliphatic rings. The number of benzene rings is 1. The Morgan fingerprint density at radius 1 is 1.29 bits per heavy atom. The quantitative estimate of drug-likeness (QED) is 0.883. The van der Waals surface area contributed by atoms with Gasteiger partial charge in [0, 0.05) is 11.1 Å². The van der Waals surface area contributed by atoms with Crippen LogP contribution in [0.2, 0.25) is 0 Å². The van der Waals surface area contributed by atoms with Crippen molar-refractivity contribution >= 4 is 33.0 Å². The fourth-order valence-corrected chi connectivity index (χ4v) is 3.94. The lowest BCUT2D eigenvalue weighted by Crippen LogP contribution is -2.11. The number of carboxylic acids is 1. The number of carbonyl (C=O) groups is 1. The predicted octanol–water partition coefficient (Wildman–Crippen LogP) is 3.37. The first-order valence-corrected chi connectivity index (χ1v) is 8.60. The van der Waals surface area contributed by atoms with Gasteiger partial charge in [0.2, 0.25) is 0 Å². The van der Waals surface area contributed by atoms with Crippen molar-refractivity contribution in [2.75, 3.05) is 4.72 Å². The van der Waals surface area contributed by atoms with Crippen molar-refractivity contribution in [2.45, 2.75) is 24.0 Å². The topological polar surface area (TPSA) is 83.5 Å². The lowest BCUT2D eigenvalue weighted by atomic mass is 10.0. The molecule has 0 atom stereocenters. The van der Waals surface area contributed by atoms with Gasteiger partial charge in [-0.05, 0) is 29.7 Å². The summed E-state index contributed by atoms with van der Waals surface area (Å²) in [5.41, 5.74) is 1.45. The Kier molecular flexibility index (Phi) is 4.34. The Hall–Kier alpha value is -1.86. The largest absolute Gasteiger partial charge is 0.478 e. The Bertz CT molecular complexity index is 763. The zero-order valence-corrected chi connectivity index (χ0v) is 13.2. The summed E-state index contributed by atoms with van der Waals surface area (Å²) in [5.74, 6) is -0.857. The van der Waals surface area contributed by atoms with Crippen molar-refractivity contribution in [3.63, 3.8) is 0 Å². The zero-order chi connectivity index (χ0) is 15.6. The molecule has 0 aliphatic carbocycles. The third kappa shape index (κ3) is 3.62. The highest BCUT2D eigenvalue weighted by Crippen LogP contribution is 2.25. The number of carboxylic acid groups (broad SMARTS) is 1. The number of anilines is 1. The van der Waals surface area contributed by atoms with E-state index in [4.69, 9.17) is 5.11 Å². The van der Waals surface area contributed by atoms with Gasteiger partial charge in [-0.3, -0.25) is 4.72 Å². The molecule has 1 heterocycles. The molecule has 0 bridgehead atoms. The van der Waals surface area contributed by atoms with Crippen LogP contribution >= 0.6 is 11.3 Å². The van der Waals surface area contributed by atoms with Gasteiger partial charge in [0.25, 0.3) is 10.0 Å². The maximum Gasteiger partial charge on any atom is 0.336 e. The minimum Gasteiger partial charge on any atom is -0.478 e. The van der Waals surface area contributed by atoms with Gasteiger partial charge in [0.1, 0.15) is 4.21 Å². The van der Waals surface area contributed by atoms with Crippen molar-refractivity contribution in [2.24, 2.45) is 0 Å². The highest BCUT2D eigenvalue weighted by Gasteiger charge is 2.19. The van der Waals surface area contributed by atoms with Crippen molar-refractivity contribution in [1.29, 1.82) is 0 Å². The lowest BCUT2D eigenvalue weighted by molar-refractivity contribution is 0.0697. The summed E-state index contributed by atoms with van der Waals surface area (Å²) in [4.78, 5) is 10.8. The van der Waals surface area contributed by atoms with Gasteiger partial charge in [-0.15, -0.1) is 11.3 Å². The second-order valence-corrected chi connectivity index (χ2v) is 7.67. The average molecular weight is 325 g/mol. The van der Waals surface area contributed by atoms with Crippen LogP contribution in [0, 0.1) is 0 Å². The molecule has 1 aromatic carbocycles. The lowest BCUT2D eigenvalue weighted by Gasteiger charge is -2.10. The molecule has 7 heteroatoms. The van der Waals surface area contributed by atoms with E-state index in [9.17, 15) is 13.2 Å². The Labute approximate surface area is 127 Å². The second kappa shape index (κ2) is 5.87. The average Bonchev–Trinajstić information content (AvgIpc) is 2.89. The van der Waals surface area contributed by atoms with E-state index in [0.717, 1.165) is 23.0 Å². The van der Waals surface area contributed by atoms with E-state index in [1.807, 2.05) is 19.9 Å². The number of nitrogens with one attached hydrogen (secondary N) is 1. The fraction of sp³-hybridized carbons (Fsp3) is 0.214. The van der Waals surface area contributed by atoms with Crippen LogP contribution in [-0.4, -0.2) is 19.5 Å². The van der Waals surface area contributed by atoms with Crippen molar-refractivity contribution < 1.29 is 18.3 Å². The SMILES string of the molecule is CC(C)c1cccc(NS(=O)(=O)c2cc(C(=O)O)cs2)c1. The minimum atomic E-state index is -3.76. The highest BCUT2D eigenvalue weighted by molar-refractivity contribution is 7.94. The smallest absolute Gasteiger partial charge is 0.336 e. The molecular formula is C14H15NO4S2. The van der Waals surface area contributed by atoms with Crippen LogP contribution in [0.1, 0.15) is 35.7 Å². The molecule has 0 saturated heterocycles. The molecule has 21 heavy (non-hydrogen) atoms. The van der Waals surface area contributed by atoms with E-state index in [0.29, 0.717) is 5.69 Å². The summed E-state index contributed by atoms with van der Waals surface area (Å²) >= 11 is 0.883. The molecule has 0 fully saturated rings. The third-order valence-electron chi connectivity index (χ3n) is 2.89. The molecule has 112 valence electrons. The molecule has 2 N–H and O–H groups in total. The van der Waals surface area contributed by atoms with Crippen molar-refractivity contribution in [3.05, 3.63) is 46.8 Å². The van der Waals surface area contributed by atoms with Crippen LogP contribution in [0.25, 0.3) is 0 Å². The Balaban J connectivity index is 2.28. The molecule has 0 amide bonds. The van der Waals surface area contributed by atoms with Crippen LogP contribution < -0.4 is 4.72 Å². The number of hydrogen-bond donors (Lipinski definition) is 2. The predicted molar refractivity (Wildman–Crippen MR) is 82.6 cm³/mol. The molecule has 0 radical (unpaired) electrons. The van der Waals surface area contributed by atoms with Gasteiger partial charge >= 0.3 is 5.97 Å². The first kappa shape index (κ1) is 15.5. The van der Waals surface area contributed by atoms with Crippen LogP contribution in [-0.2, 0) is 10.0 Å². The molecule has 0 aliphatic heterocycles. The minimum absolute atomic E-state index is 0.0187. The maximum atomic E-state index is 12.2. The van der Waals surface area contributed by atoms with E-state index in [1.165, 1.54) is 5.38 Å². The van der Waals surface area contributed by atoms with E-state index in [-0.39, 0.29) is 15.7 Å². The molecule has 0 saturated carbocycles. The summed E-state index contributed by atoms with van der Waals surface area (Å²) in [6.07, 6.45) is 0. The number of sulfonamides is 1. The van der Waals surface area contributed by atoms with E-state index in [2.05, 4.69) is 4.72 Å². The number of aromatic carboxylic acids is 1. The summed E-state index contributed by atoms with van der Waals surface area (Å²) in [6.45, 7) is 4.04. The zero-order valence-electron chi connectivity index (χ0n) is 11.5. The maximum absolute atomic E-state index is 12.2. The summed E-state index contributed by atoms with van der Waals surface area (Å²) < 4.78 is 26.9. The Morgan fingerprint density at radius 3 is 2.57 bits per heavy atom. The molecule has 2 aromatic rings. The summed E-state index contributed by atoms with van der Waals surface area (Å²) in [5, 5.41) is 10.1. The molecule has 0 spiro atoms. The van der Waals surface area contributed by atoms with E-state index < -0.39 is 16.0 Å². The van der Waals surface area contributed by atoms with E-state index in [1.54, 1.807) is 18.2 Å². The molecule has 2 rings (SSSR count). The molecule has 1 aromatic heterocycles. The van der Waals surface area contributed by atoms with Gasteiger partial charge in [-0.1, -0.05) is 26.0 Å². The number of thiophene rings is 1. The van der Waals surface area contributed by atoms with Gasteiger partial charge in [-0.25, -0.2) is 13.2 Å². The third-order valence-corrected chi connectivity index (χ3v) is 5.71. The van der Waals surface area contributed by atoms with Gasteiger partial charge in [-0.2, -0.15) is 0 Å². The number of hydrogen-bond acceptors (Lipinski definition) is 4. The van der Waals surface area contributed by atoms with Gasteiger partial charge in [0.15, 0.2) is 0 Å². The van der Waals surface area contributed by atoms with Gasteiger partial charge in [0.05, 0.1) is 5.56 Å². The Morgan fingerprint density at radius 2 is 2.00 bits per heavy atom. The van der Waals surface area contributed by atoms with Gasteiger partial charge < -0.3 is 5.11 Å². The monoisotopic (exact) mass is 325 g/mol. The van der Waals surface area contributed by atoms with Crippen LogP contribution in [0.5, 0.6) is 0 Å². The first-order valence-electron chi connectivity index (χ1n) is 6.24.